The fourth-order valence-corrected chi connectivity index (χ4v) is 1.65. The summed E-state index contributed by atoms with van der Waals surface area (Å²) in [7, 11) is 0. The minimum Gasteiger partial charge on any atom is -0.478 e. The van der Waals surface area contributed by atoms with Crippen LogP contribution < -0.4 is 4.90 Å². The van der Waals surface area contributed by atoms with Crippen LogP contribution in [0.25, 0.3) is 0 Å². The summed E-state index contributed by atoms with van der Waals surface area (Å²) < 4.78 is 38.9. The number of alkyl halides is 3. The minimum absolute atomic E-state index is 0.0198. The van der Waals surface area contributed by atoms with E-state index in [2.05, 4.69) is 5.92 Å². The third-order valence-corrected chi connectivity index (χ3v) is 2.55. The van der Waals surface area contributed by atoms with Crippen molar-refractivity contribution in [1.82, 2.24) is 0 Å². The predicted octanol–water partition coefficient (Wildman–Crippen LogP) is 2.86. The number of nitrogens with zero attached hydrogens (tertiary/aromatic N) is 1. The van der Waals surface area contributed by atoms with E-state index in [1.54, 1.807) is 6.92 Å². The number of carbonyl (C=O) groups is 1. The highest BCUT2D eigenvalue weighted by molar-refractivity contribution is 5.88. The summed E-state index contributed by atoms with van der Waals surface area (Å²) in [6.07, 6.45) is 0.476. The average molecular weight is 271 g/mol. The monoisotopic (exact) mass is 271 g/mol. The largest absolute Gasteiger partial charge is 0.478 e. The van der Waals surface area contributed by atoms with Crippen LogP contribution >= 0.6 is 0 Å². The Bertz CT molecular complexity index is 518. The summed E-state index contributed by atoms with van der Waals surface area (Å²) in [4.78, 5) is 12.1. The Kier molecular flexibility index (Phi) is 4.43. The molecular formula is C13H12F3NO2. The van der Waals surface area contributed by atoms with Gasteiger partial charge in [0.2, 0.25) is 0 Å². The van der Waals surface area contributed by atoms with Crippen LogP contribution in [-0.2, 0) is 6.18 Å². The molecule has 3 nitrogen and oxygen atoms in total. The van der Waals surface area contributed by atoms with Gasteiger partial charge in [0.1, 0.15) is 0 Å². The van der Waals surface area contributed by atoms with Crippen molar-refractivity contribution in [1.29, 1.82) is 0 Å². The number of aromatic carboxylic acids is 1. The number of halogens is 3. The van der Waals surface area contributed by atoms with E-state index in [0.29, 0.717) is 12.6 Å². The van der Waals surface area contributed by atoms with E-state index in [9.17, 15) is 18.0 Å². The number of anilines is 1. The first-order valence-corrected chi connectivity index (χ1v) is 5.44. The minimum atomic E-state index is -4.64. The molecule has 1 rings (SSSR count). The Hall–Kier alpha value is -2.16. The van der Waals surface area contributed by atoms with Crippen molar-refractivity contribution in [2.24, 2.45) is 0 Å². The lowest BCUT2D eigenvalue weighted by Gasteiger charge is -2.24. The van der Waals surface area contributed by atoms with E-state index in [4.69, 9.17) is 11.5 Å². The lowest BCUT2D eigenvalue weighted by molar-refractivity contribution is -0.137. The summed E-state index contributed by atoms with van der Waals surface area (Å²) in [6.45, 7) is 1.98. The second-order valence-electron chi connectivity index (χ2n) is 3.75. The normalized spacial score (nSPS) is 10.9. The molecule has 19 heavy (non-hydrogen) atoms. The molecule has 0 spiro atoms. The Balaban J connectivity index is 3.39. The molecule has 102 valence electrons. The molecule has 0 aromatic heterocycles. The van der Waals surface area contributed by atoms with Gasteiger partial charge in [-0.15, -0.1) is 6.42 Å². The van der Waals surface area contributed by atoms with Crippen molar-refractivity contribution in [2.75, 3.05) is 18.0 Å². The molecule has 0 radical (unpaired) electrons. The van der Waals surface area contributed by atoms with Crippen molar-refractivity contribution < 1.29 is 23.1 Å². The van der Waals surface area contributed by atoms with Crippen molar-refractivity contribution in [3.05, 3.63) is 29.3 Å². The molecule has 1 N–H and O–H groups in total. The maximum Gasteiger partial charge on any atom is 0.418 e. The second-order valence-corrected chi connectivity index (χ2v) is 3.75. The highest BCUT2D eigenvalue weighted by atomic mass is 19.4. The van der Waals surface area contributed by atoms with Gasteiger partial charge in [0, 0.05) is 12.2 Å². The van der Waals surface area contributed by atoms with Gasteiger partial charge in [-0.25, -0.2) is 4.79 Å². The molecule has 0 heterocycles. The van der Waals surface area contributed by atoms with E-state index in [1.165, 1.54) is 4.90 Å². The maximum atomic E-state index is 13.0. The quantitative estimate of drug-likeness (QED) is 0.856. The first-order chi connectivity index (χ1) is 8.81. The molecule has 0 amide bonds. The number of hydrogen-bond donors (Lipinski definition) is 1. The lowest BCUT2D eigenvalue weighted by Crippen LogP contribution is -2.26. The number of rotatable bonds is 4. The lowest BCUT2D eigenvalue weighted by atomic mass is 10.1. The van der Waals surface area contributed by atoms with Gasteiger partial charge >= 0.3 is 12.1 Å². The van der Waals surface area contributed by atoms with Crippen molar-refractivity contribution >= 4 is 11.7 Å². The first-order valence-electron chi connectivity index (χ1n) is 5.44. The van der Waals surface area contributed by atoms with E-state index in [1.807, 2.05) is 0 Å². The molecule has 0 aliphatic heterocycles. The predicted molar refractivity (Wildman–Crippen MR) is 65.1 cm³/mol. The summed E-state index contributed by atoms with van der Waals surface area (Å²) in [5.41, 5.74) is -1.52. The third kappa shape index (κ3) is 3.41. The molecule has 0 fully saturated rings. The Morgan fingerprint density at radius 3 is 2.53 bits per heavy atom. The van der Waals surface area contributed by atoms with Crippen LogP contribution in [0.2, 0.25) is 0 Å². The Morgan fingerprint density at radius 1 is 1.47 bits per heavy atom. The number of benzene rings is 1. The van der Waals surface area contributed by atoms with Gasteiger partial charge in [0.05, 0.1) is 17.7 Å². The fraction of sp³-hybridized carbons (Fsp3) is 0.308. The van der Waals surface area contributed by atoms with E-state index >= 15 is 0 Å². The Labute approximate surface area is 108 Å². The number of carboxylic acids is 1. The topological polar surface area (TPSA) is 40.5 Å². The fourth-order valence-electron chi connectivity index (χ4n) is 1.65. The van der Waals surface area contributed by atoms with Crippen molar-refractivity contribution in [3.8, 4) is 12.3 Å². The third-order valence-electron chi connectivity index (χ3n) is 2.55. The van der Waals surface area contributed by atoms with Crippen LogP contribution in [0, 0.1) is 12.3 Å². The summed E-state index contributed by atoms with van der Waals surface area (Å²) >= 11 is 0. The van der Waals surface area contributed by atoms with Crippen LogP contribution in [-0.4, -0.2) is 24.2 Å². The summed E-state index contributed by atoms with van der Waals surface area (Å²) in [5, 5.41) is 8.75. The van der Waals surface area contributed by atoms with Crippen LogP contribution in [0.4, 0.5) is 18.9 Å². The summed E-state index contributed by atoms with van der Waals surface area (Å²) in [6, 6.07) is 2.88. The zero-order valence-electron chi connectivity index (χ0n) is 10.2. The molecule has 0 saturated carbocycles. The average Bonchev–Trinajstić information content (AvgIpc) is 2.34. The van der Waals surface area contributed by atoms with Gasteiger partial charge < -0.3 is 10.0 Å². The SMILES string of the molecule is C#CCN(CC)c1ccc(C(=O)O)cc1C(F)(F)F. The zero-order valence-corrected chi connectivity index (χ0v) is 10.2. The van der Waals surface area contributed by atoms with E-state index in [0.717, 1.165) is 12.1 Å². The smallest absolute Gasteiger partial charge is 0.418 e. The molecule has 0 unspecified atom stereocenters. The molecule has 0 aliphatic carbocycles. The van der Waals surface area contributed by atoms with E-state index < -0.39 is 23.3 Å². The van der Waals surface area contributed by atoms with Crippen LogP contribution in [0.5, 0.6) is 0 Å². The summed E-state index contributed by atoms with van der Waals surface area (Å²) in [5.74, 6) is 0.870. The van der Waals surface area contributed by atoms with Gasteiger partial charge in [-0.2, -0.15) is 13.2 Å². The van der Waals surface area contributed by atoms with Crippen molar-refractivity contribution in [3.63, 3.8) is 0 Å². The second kappa shape index (κ2) is 5.65. The number of carboxylic acid groups (broad SMARTS) is 1. The van der Waals surface area contributed by atoms with Crippen LogP contribution in [0.1, 0.15) is 22.8 Å². The molecular weight excluding hydrogens is 259 g/mol. The van der Waals surface area contributed by atoms with Gasteiger partial charge in [-0.1, -0.05) is 5.92 Å². The van der Waals surface area contributed by atoms with Crippen LogP contribution in [0.3, 0.4) is 0 Å². The van der Waals surface area contributed by atoms with Gasteiger partial charge in [-0.05, 0) is 25.1 Å². The van der Waals surface area contributed by atoms with Gasteiger partial charge in [0.15, 0.2) is 0 Å². The zero-order chi connectivity index (χ0) is 14.6. The number of hydrogen-bond acceptors (Lipinski definition) is 2. The van der Waals surface area contributed by atoms with Crippen molar-refractivity contribution in [2.45, 2.75) is 13.1 Å². The Morgan fingerprint density at radius 2 is 2.11 bits per heavy atom. The molecule has 6 heteroatoms. The van der Waals surface area contributed by atoms with Gasteiger partial charge in [-0.3, -0.25) is 0 Å². The first kappa shape index (κ1) is 14.9. The molecule has 0 atom stereocenters. The molecule has 0 saturated heterocycles. The number of terminal acetylenes is 1. The molecule has 0 aliphatic rings. The maximum absolute atomic E-state index is 13.0. The van der Waals surface area contributed by atoms with E-state index in [-0.39, 0.29) is 12.2 Å². The van der Waals surface area contributed by atoms with Crippen LogP contribution in [0.15, 0.2) is 18.2 Å². The molecule has 0 bridgehead atoms. The standard InChI is InChI=1S/C13H12F3NO2/c1-3-7-17(4-2)11-6-5-9(12(18)19)8-10(11)13(14,15)16/h1,5-6,8H,4,7H2,2H3,(H,18,19). The highest BCUT2D eigenvalue weighted by Crippen LogP contribution is 2.37. The molecule has 1 aromatic rings. The highest BCUT2D eigenvalue weighted by Gasteiger charge is 2.35. The molecule has 1 aromatic carbocycles. The van der Waals surface area contributed by atoms with Gasteiger partial charge in [0.25, 0.3) is 0 Å².